The lowest BCUT2D eigenvalue weighted by molar-refractivity contribution is 0.207. The van der Waals surface area contributed by atoms with Crippen LogP contribution in [-0.2, 0) is 0 Å². The first kappa shape index (κ1) is 14.8. The number of ether oxygens (including phenoxy) is 1. The van der Waals surface area contributed by atoms with Crippen LogP contribution in [0.4, 0.5) is 5.69 Å². The van der Waals surface area contributed by atoms with Crippen LogP contribution in [0.25, 0.3) is 0 Å². The molecule has 1 aromatic carbocycles. The predicted octanol–water partition coefficient (Wildman–Crippen LogP) is 3.83. The summed E-state index contributed by atoms with van der Waals surface area (Å²) in [6.45, 7) is 9.44. The molecule has 0 aliphatic heterocycles. The molecule has 0 unspecified atom stereocenters. The monoisotopic (exact) mass is 252 g/mol. The first-order chi connectivity index (χ1) is 8.28. The van der Waals surface area contributed by atoms with Gasteiger partial charge in [-0.1, -0.05) is 27.7 Å². The van der Waals surface area contributed by atoms with Gasteiger partial charge < -0.3 is 15.2 Å². The number of nitrogens with zero attached hydrogens (tertiary/aromatic N) is 1. The lowest BCUT2D eigenvalue weighted by Gasteiger charge is -2.24. The van der Waals surface area contributed by atoms with Crippen LogP contribution in [0.3, 0.4) is 0 Å². The molecule has 0 aromatic heterocycles. The summed E-state index contributed by atoms with van der Waals surface area (Å²) in [6.07, 6.45) is 1.09. The molecule has 4 heteroatoms. The molecule has 0 bridgehead atoms. The molecule has 0 fully saturated rings. The van der Waals surface area contributed by atoms with Crippen LogP contribution in [0, 0.1) is 16.5 Å². The minimum absolute atomic E-state index is 0.161. The van der Waals surface area contributed by atoms with Gasteiger partial charge in [-0.2, -0.15) is 0 Å². The van der Waals surface area contributed by atoms with E-state index < -0.39 is 0 Å². The van der Waals surface area contributed by atoms with Crippen molar-refractivity contribution in [1.82, 2.24) is 0 Å². The van der Waals surface area contributed by atoms with E-state index in [4.69, 9.17) is 9.94 Å². The van der Waals surface area contributed by atoms with Crippen LogP contribution >= 0.6 is 0 Å². The summed E-state index contributed by atoms with van der Waals surface area (Å²) >= 11 is 0. The van der Waals surface area contributed by atoms with Crippen LogP contribution in [0.1, 0.15) is 34.1 Å². The van der Waals surface area contributed by atoms with Gasteiger partial charge in [0, 0.05) is 0 Å². The Hall–Kier alpha value is -1.26. The fourth-order valence-corrected chi connectivity index (χ4v) is 2.01. The van der Waals surface area contributed by atoms with E-state index in [-0.39, 0.29) is 10.9 Å². The highest BCUT2D eigenvalue weighted by Gasteiger charge is 2.15. The van der Waals surface area contributed by atoms with E-state index in [0.29, 0.717) is 23.7 Å². The van der Waals surface area contributed by atoms with Gasteiger partial charge in [-0.15, -0.1) is 0 Å². The van der Waals surface area contributed by atoms with Crippen LogP contribution in [0.15, 0.2) is 24.3 Å². The van der Waals surface area contributed by atoms with Crippen LogP contribution in [0.2, 0.25) is 0 Å². The normalized spacial score (nSPS) is 13.2. The Morgan fingerprint density at radius 2 is 1.83 bits per heavy atom. The molecule has 102 valence electrons. The van der Waals surface area contributed by atoms with Gasteiger partial charge in [0.25, 0.3) is 0 Å². The standard InChI is InChI=1S/C14H22NO3/c1-11(9-14(2,3)4)10-18-13-7-5-12(6-8-13)15(16)17/h5-8,11,16H,9-10H2,1-4H3/q-1/t11-/m0/s1. The summed E-state index contributed by atoms with van der Waals surface area (Å²) in [4.78, 5) is 0. The fourth-order valence-electron chi connectivity index (χ4n) is 2.01. The Bertz CT molecular complexity index is 354. The molecule has 1 N–H and O–H groups in total. The number of anilines is 1. The average molecular weight is 252 g/mol. The first-order valence-corrected chi connectivity index (χ1v) is 6.17. The van der Waals surface area contributed by atoms with E-state index in [1.54, 1.807) is 12.1 Å². The molecule has 18 heavy (non-hydrogen) atoms. The molecule has 1 rings (SSSR count). The van der Waals surface area contributed by atoms with E-state index in [0.717, 1.165) is 6.42 Å². The summed E-state index contributed by atoms with van der Waals surface area (Å²) in [7, 11) is 0. The van der Waals surface area contributed by atoms with E-state index in [9.17, 15) is 5.21 Å². The van der Waals surface area contributed by atoms with Crippen molar-refractivity contribution in [3.05, 3.63) is 29.5 Å². The van der Waals surface area contributed by atoms with Gasteiger partial charge in [-0.25, -0.2) is 0 Å². The largest absolute Gasteiger partial charge is 0.733 e. The van der Waals surface area contributed by atoms with E-state index in [1.807, 2.05) is 0 Å². The molecule has 0 radical (unpaired) electrons. The van der Waals surface area contributed by atoms with Crippen molar-refractivity contribution >= 4 is 5.69 Å². The van der Waals surface area contributed by atoms with Gasteiger partial charge in [0.1, 0.15) is 5.75 Å². The minimum atomic E-state index is -0.161. The zero-order valence-electron chi connectivity index (χ0n) is 11.5. The van der Waals surface area contributed by atoms with Crippen LogP contribution in [-0.4, -0.2) is 11.8 Å². The van der Waals surface area contributed by atoms with Gasteiger partial charge in [0.15, 0.2) is 0 Å². The fraction of sp³-hybridized carbons (Fsp3) is 0.571. The van der Waals surface area contributed by atoms with Crippen molar-refractivity contribution < 1.29 is 9.94 Å². The van der Waals surface area contributed by atoms with Crippen LogP contribution in [0.5, 0.6) is 5.75 Å². The summed E-state index contributed by atoms with van der Waals surface area (Å²) < 4.78 is 5.65. The quantitative estimate of drug-likeness (QED) is 0.809. The second-order valence-electron chi connectivity index (χ2n) is 5.95. The second kappa shape index (κ2) is 6.07. The Kier molecular flexibility index (Phi) is 4.99. The highest BCUT2D eigenvalue weighted by Crippen LogP contribution is 2.25. The second-order valence-corrected chi connectivity index (χ2v) is 5.95. The highest BCUT2D eigenvalue weighted by molar-refractivity contribution is 5.47. The number of rotatable bonds is 5. The maximum Gasteiger partial charge on any atom is 0.119 e. The summed E-state index contributed by atoms with van der Waals surface area (Å²) in [5.74, 6) is 1.18. The van der Waals surface area contributed by atoms with E-state index in [2.05, 4.69) is 27.7 Å². The van der Waals surface area contributed by atoms with Crippen molar-refractivity contribution in [2.24, 2.45) is 11.3 Å². The lowest BCUT2D eigenvalue weighted by atomic mass is 9.86. The predicted molar refractivity (Wildman–Crippen MR) is 72.8 cm³/mol. The molecule has 0 heterocycles. The molecular weight excluding hydrogens is 230 g/mol. The topological polar surface area (TPSA) is 55.8 Å². The molecule has 0 saturated carbocycles. The summed E-state index contributed by atoms with van der Waals surface area (Å²) in [5, 5.41) is 19.1. The third kappa shape index (κ3) is 5.38. The molecule has 1 aromatic rings. The molecule has 1 atom stereocenters. The van der Waals surface area contributed by atoms with Gasteiger partial charge in [0.2, 0.25) is 0 Å². The van der Waals surface area contributed by atoms with Gasteiger partial charge in [-0.05, 0) is 42.0 Å². The van der Waals surface area contributed by atoms with Crippen LogP contribution < -0.4 is 9.96 Å². The molecular formula is C14H22NO3-. The Balaban J connectivity index is 2.44. The maximum atomic E-state index is 10.6. The van der Waals surface area contributed by atoms with Crippen molar-refractivity contribution in [3.8, 4) is 5.75 Å². The third-order valence-corrected chi connectivity index (χ3v) is 2.55. The first-order valence-electron chi connectivity index (χ1n) is 6.17. The lowest BCUT2D eigenvalue weighted by Crippen LogP contribution is -2.16. The zero-order chi connectivity index (χ0) is 13.8. The average Bonchev–Trinajstić information content (AvgIpc) is 2.24. The van der Waals surface area contributed by atoms with Crippen molar-refractivity contribution in [2.45, 2.75) is 34.1 Å². The molecule has 0 aliphatic carbocycles. The Morgan fingerprint density at radius 1 is 1.28 bits per heavy atom. The SMILES string of the molecule is C[C@H](COc1ccc(N([O-])O)cc1)CC(C)(C)C. The van der Waals surface area contributed by atoms with Crippen molar-refractivity contribution in [1.29, 1.82) is 0 Å². The summed E-state index contributed by atoms with van der Waals surface area (Å²) in [6, 6.07) is 6.41. The summed E-state index contributed by atoms with van der Waals surface area (Å²) in [5.41, 5.74) is 0.497. The number of benzene rings is 1. The molecule has 0 saturated heterocycles. The molecule has 0 spiro atoms. The molecule has 0 amide bonds. The Labute approximate surface area is 109 Å². The van der Waals surface area contributed by atoms with Crippen molar-refractivity contribution in [2.75, 3.05) is 11.8 Å². The maximum absolute atomic E-state index is 10.6. The highest BCUT2D eigenvalue weighted by atomic mass is 16.8. The smallest absolute Gasteiger partial charge is 0.119 e. The van der Waals surface area contributed by atoms with E-state index >= 15 is 0 Å². The van der Waals surface area contributed by atoms with Crippen molar-refractivity contribution in [3.63, 3.8) is 0 Å². The molecule has 4 nitrogen and oxygen atoms in total. The van der Waals surface area contributed by atoms with E-state index in [1.165, 1.54) is 12.1 Å². The molecule has 0 aliphatic rings. The van der Waals surface area contributed by atoms with Gasteiger partial charge in [-0.3, -0.25) is 5.21 Å². The van der Waals surface area contributed by atoms with Gasteiger partial charge in [0.05, 0.1) is 12.3 Å². The number of hydrogen-bond donors (Lipinski definition) is 1. The third-order valence-electron chi connectivity index (χ3n) is 2.55. The Morgan fingerprint density at radius 3 is 2.28 bits per heavy atom. The van der Waals surface area contributed by atoms with Gasteiger partial charge >= 0.3 is 0 Å². The number of hydrogen-bond acceptors (Lipinski definition) is 4. The zero-order valence-corrected chi connectivity index (χ0v) is 11.5. The minimum Gasteiger partial charge on any atom is -0.733 e.